The van der Waals surface area contributed by atoms with Crippen molar-refractivity contribution in [1.29, 1.82) is 0 Å². The van der Waals surface area contributed by atoms with Crippen molar-refractivity contribution in [2.24, 2.45) is 0 Å². The summed E-state index contributed by atoms with van der Waals surface area (Å²) >= 11 is 0. The van der Waals surface area contributed by atoms with E-state index in [1.54, 1.807) is 0 Å². The SMILES string of the molecule is C[C@@H](C(=O)NC1CCCC1)N1CCNCC1. The number of carbonyl (C=O) groups excluding carboxylic acids is 1. The van der Waals surface area contributed by atoms with Gasteiger partial charge in [0.2, 0.25) is 5.91 Å². The van der Waals surface area contributed by atoms with Gasteiger partial charge in [0.05, 0.1) is 6.04 Å². The molecule has 1 aliphatic carbocycles. The number of nitrogens with one attached hydrogen (secondary N) is 2. The second kappa shape index (κ2) is 5.64. The second-order valence-corrected chi connectivity index (χ2v) is 4.95. The van der Waals surface area contributed by atoms with Gasteiger partial charge in [-0.2, -0.15) is 0 Å². The van der Waals surface area contributed by atoms with Crippen molar-refractivity contribution in [3.05, 3.63) is 0 Å². The van der Waals surface area contributed by atoms with E-state index in [-0.39, 0.29) is 11.9 Å². The average Bonchev–Trinajstić information content (AvgIpc) is 2.82. The van der Waals surface area contributed by atoms with Crippen LogP contribution in [-0.2, 0) is 4.79 Å². The van der Waals surface area contributed by atoms with Crippen LogP contribution in [0.15, 0.2) is 0 Å². The summed E-state index contributed by atoms with van der Waals surface area (Å²) in [5.74, 6) is 0.216. The van der Waals surface area contributed by atoms with Crippen LogP contribution in [0, 0.1) is 0 Å². The Kier molecular flexibility index (Phi) is 4.18. The van der Waals surface area contributed by atoms with Crippen LogP contribution in [-0.4, -0.2) is 49.1 Å². The highest BCUT2D eigenvalue weighted by Gasteiger charge is 2.25. The minimum Gasteiger partial charge on any atom is -0.352 e. The molecule has 1 atom stereocenters. The Morgan fingerprint density at radius 3 is 2.56 bits per heavy atom. The van der Waals surface area contributed by atoms with Crippen LogP contribution in [0.3, 0.4) is 0 Å². The van der Waals surface area contributed by atoms with Crippen LogP contribution in [0.4, 0.5) is 0 Å². The molecule has 1 saturated carbocycles. The Morgan fingerprint density at radius 1 is 1.31 bits per heavy atom. The lowest BCUT2D eigenvalue weighted by molar-refractivity contribution is -0.126. The Balaban J connectivity index is 1.78. The quantitative estimate of drug-likeness (QED) is 0.728. The maximum atomic E-state index is 12.0. The van der Waals surface area contributed by atoms with Gasteiger partial charge >= 0.3 is 0 Å². The first-order valence-electron chi connectivity index (χ1n) is 6.52. The molecule has 0 unspecified atom stereocenters. The predicted octanol–water partition coefficient (Wildman–Crippen LogP) is 0.339. The molecule has 2 N–H and O–H groups in total. The Labute approximate surface area is 97.8 Å². The van der Waals surface area contributed by atoms with Gasteiger partial charge in [-0.05, 0) is 19.8 Å². The lowest BCUT2D eigenvalue weighted by Crippen LogP contribution is -2.53. The molecule has 1 aliphatic heterocycles. The summed E-state index contributed by atoms with van der Waals surface area (Å²) in [5, 5.41) is 6.48. The summed E-state index contributed by atoms with van der Waals surface area (Å²) in [6.45, 7) is 6.00. The minimum absolute atomic E-state index is 0.0303. The van der Waals surface area contributed by atoms with E-state index < -0.39 is 0 Å². The third-order valence-electron chi connectivity index (χ3n) is 3.78. The lowest BCUT2D eigenvalue weighted by atomic mass is 10.2. The normalized spacial score (nSPS) is 25.6. The van der Waals surface area contributed by atoms with Crippen molar-refractivity contribution in [2.75, 3.05) is 26.2 Å². The zero-order chi connectivity index (χ0) is 11.4. The van der Waals surface area contributed by atoms with E-state index in [0.717, 1.165) is 26.2 Å². The van der Waals surface area contributed by atoms with E-state index in [1.165, 1.54) is 25.7 Å². The molecule has 1 heterocycles. The standard InChI is InChI=1S/C12H23N3O/c1-10(15-8-6-13-7-9-15)12(16)14-11-4-2-3-5-11/h10-11,13H,2-9H2,1H3,(H,14,16)/t10-/m0/s1. The predicted molar refractivity (Wildman–Crippen MR) is 64.3 cm³/mol. The van der Waals surface area contributed by atoms with Gasteiger partial charge in [-0.25, -0.2) is 0 Å². The smallest absolute Gasteiger partial charge is 0.237 e. The second-order valence-electron chi connectivity index (χ2n) is 4.95. The van der Waals surface area contributed by atoms with E-state index in [9.17, 15) is 4.79 Å². The van der Waals surface area contributed by atoms with Gasteiger partial charge in [-0.1, -0.05) is 12.8 Å². The van der Waals surface area contributed by atoms with Gasteiger partial charge < -0.3 is 10.6 Å². The van der Waals surface area contributed by atoms with Crippen molar-refractivity contribution >= 4 is 5.91 Å². The largest absolute Gasteiger partial charge is 0.352 e. The highest BCUT2D eigenvalue weighted by Crippen LogP contribution is 2.17. The van der Waals surface area contributed by atoms with E-state index in [2.05, 4.69) is 15.5 Å². The summed E-state index contributed by atoms with van der Waals surface area (Å²) in [5.41, 5.74) is 0. The maximum absolute atomic E-state index is 12.0. The molecule has 2 aliphatic rings. The zero-order valence-corrected chi connectivity index (χ0v) is 10.2. The zero-order valence-electron chi connectivity index (χ0n) is 10.2. The first kappa shape index (κ1) is 11.9. The first-order chi connectivity index (χ1) is 7.77. The summed E-state index contributed by atoms with van der Waals surface area (Å²) < 4.78 is 0. The molecule has 1 amide bonds. The molecule has 0 aromatic carbocycles. The molecule has 4 nitrogen and oxygen atoms in total. The molecule has 1 saturated heterocycles. The summed E-state index contributed by atoms with van der Waals surface area (Å²) in [6, 6.07) is 0.473. The molecule has 2 fully saturated rings. The summed E-state index contributed by atoms with van der Waals surface area (Å²) in [6.07, 6.45) is 4.87. The molecule has 0 bridgehead atoms. The topological polar surface area (TPSA) is 44.4 Å². The van der Waals surface area contributed by atoms with E-state index in [0.29, 0.717) is 6.04 Å². The molecule has 0 spiro atoms. The van der Waals surface area contributed by atoms with E-state index in [1.807, 2.05) is 6.92 Å². The molecule has 2 rings (SSSR count). The van der Waals surface area contributed by atoms with Gasteiger partial charge in [0, 0.05) is 32.2 Å². The molecule has 92 valence electrons. The number of piperazine rings is 1. The minimum atomic E-state index is 0.0303. The fourth-order valence-corrected chi connectivity index (χ4v) is 2.63. The van der Waals surface area contributed by atoms with Crippen LogP contribution in [0.2, 0.25) is 0 Å². The van der Waals surface area contributed by atoms with Gasteiger partial charge in [-0.3, -0.25) is 9.69 Å². The molecule has 16 heavy (non-hydrogen) atoms. The molecular weight excluding hydrogens is 202 g/mol. The Hall–Kier alpha value is -0.610. The van der Waals surface area contributed by atoms with Crippen LogP contribution in [0.1, 0.15) is 32.6 Å². The highest BCUT2D eigenvalue weighted by molar-refractivity contribution is 5.81. The van der Waals surface area contributed by atoms with E-state index >= 15 is 0 Å². The maximum Gasteiger partial charge on any atom is 0.237 e. The molecule has 0 aromatic heterocycles. The number of carbonyl (C=O) groups is 1. The number of amides is 1. The van der Waals surface area contributed by atoms with Crippen LogP contribution in [0.5, 0.6) is 0 Å². The average molecular weight is 225 g/mol. The lowest BCUT2D eigenvalue weighted by Gasteiger charge is -2.32. The van der Waals surface area contributed by atoms with Crippen molar-refractivity contribution in [1.82, 2.24) is 15.5 Å². The van der Waals surface area contributed by atoms with Gasteiger partial charge in [-0.15, -0.1) is 0 Å². The highest BCUT2D eigenvalue weighted by atomic mass is 16.2. The van der Waals surface area contributed by atoms with Crippen molar-refractivity contribution in [2.45, 2.75) is 44.7 Å². The summed E-state index contributed by atoms with van der Waals surface area (Å²) in [4.78, 5) is 14.3. The molecule has 0 aromatic rings. The fourth-order valence-electron chi connectivity index (χ4n) is 2.63. The van der Waals surface area contributed by atoms with Gasteiger partial charge in [0.1, 0.15) is 0 Å². The van der Waals surface area contributed by atoms with Crippen molar-refractivity contribution in [3.63, 3.8) is 0 Å². The third kappa shape index (κ3) is 2.95. The van der Waals surface area contributed by atoms with Gasteiger partial charge in [0.25, 0.3) is 0 Å². The third-order valence-corrected chi connectivity index (χ3v) is 3.78. The molecule has 0 radical (unpaired) electrons. The monoisotopic (exact) mass is 225 g/mol. The van der Waals surface area contributed by atoms with Crippen LogP contribution >= 0.6 is 0 Å². The summed E-state index contributed by atoms with van der Waals surface area (Å²) in [7, 11) is 0. The van der Waals surface area contributed by atoms with Crippen LogP contribution < -0.4 is 10.6 Å². The first-order valence-corrected chi connectivity index (χ1v) is 6.52. The van der Waals surface area contributed by atoms with Gasteiger partial charge in [0.15, 0.2) is 0 Å². The van der Waals surface area contributed by atoms with Crippen molar-refractivity contribution < 1.29 is 4.79 Å². The fraction of sp³-hybridized carbons (Fsp3) is 0.917. The number of hydrogen-bond donors (Lipinski definition) is 2. The van der Waals surface area contributed by atoms with Crippen molar-refractivity contribution in [3.8, 4) is 0 Å². The molecular formula is C12H23N3O. The number of hydrogen-bond acceptors (Lipinski definition) is 3. The number of nitrogens with zero attached hydrogens (tertiary/aromatic N) is 1. The van der Waals surface area contributed by atoms with Crippen LogP contribution in [0.25, 0.3) is 0 Å². The Bertz CT molecular complexity index is 232. The Morgan fingerprint density at radius 2 is 1.94 bits per heavy atom. The van der Waals surface area contributed by atoms with E-state index in [4.69, 9.17) is 0 Å². The number of rotatable bonds is 3. The molecule has 4 heteroatoms.